The quantitative estimate of drug-likeness (QED) is 0.286. The van der Waals surface area contributed by atoms with Crippen LogP contribution < -0.4 is 4.90 Å². The van der Waals surface area contributed by atoms with Gasteiger partial charge in [-0.25, -0.2) is 0 Å². The van der Waals surface area contributed by atoms with Crippen LogP contribution in [0.5, 0.6) is 0 Å². The molecule has 1 aromatic heterocycles. The zero-order valence-electron chi connectivity index (χ0n) is 17.6. The predicted molar refractivity (Wildman–Crippen MR) is 128 cm³/mol. The lowest BCUT2D eigenvalue weighted by Crippen LogP contribution is -2.39. The summed E-state index contributed by atoms with van der Waals surface area (Å²) in [5, 5.41) is 2.62. The van der Waals surface area contributed by atoms with E-state index in [1.165, 1.54) is 50.0 Å². The first-order valence-corrected chi connectivity index (χ1v) is 10.6. The van der Waals surface area contributed by atoms with Gasteiger partial charge < -0.3 is 9.47 Å². The Kier molecular flexibility index (Phi) is 3.47. The molecule has 0 saturated carbocycles. The normalized spacial score (nSPS) is 13.1. The second kappa shape index (κ2) is 5.99. The van der Waals surface area contributed by atoms with Crippen LogP contribution in [0.25, 0.3) is 38.6 Å². The molecule has 0 N–H and O–H groups in total. The molecule has 0 spiro atoms. The zero-order chi connectivity index (χ0) is 20.5. The molecule has 1 aliphatic heterocycles. The number of benzene rings is 4. The van der Waals surface area contributed by atoms with Crippen LogP contribution in [-0.4, -0.2) is 10.1 Å². The molecule has 146 valence electrons. The number of hydrogen-bond donors (Lipinski definition) is 0. The minimum Gasteiger partial charge on any atom is -0.333 e. The molecule has 2 heteroatoms. The van der Waals surface area contributed by atoms with Crippen molar-refractivity contribution in [1.82, 2.24) is 4.57 Å². The minimum atomic E-state index is -0.0427. The summed E-state index contributed by atoms with van der Waals surface area (Å²) in [7, 11) is 0. The van der Waals surface area contributed by atoms with Gasteiger partial charge in [-0.2, -0.15) is 0 Å². The van der Waals surface area contributed by atoms with Crippen molar-refractivity contribution in [1.29, 1.82) is 0 Å². The third-order valence-corrected chi connectivity index (χ3v) is 6.15. The van der Waals surface area contributed by atoms with E-state index in [1.54, 1.807) is 0 Å². The lowest BCUT2D eigenvalue weighted by molar-refractivity contribution is 0.558. The van der Waals surface area contributed by atoms with E-state index in [9.17, 15) is 0 Å². The molecule has 0 aliphatic carbocycles. The lowest BCUT2D eigenvalue weighted by Gasteiger charge is -2.42. The average Bonchev–Trinajstić information content (AvgIpc) is 3.10. The fraction of sp³-hybridized carbons (Fsp3) is 0.143. The second-order valence-corrected chi connectivity index (χ2v) is 9.10. The zero-order valence-corrected chi connectivity index (χ0v) is 17.6. The van der Waals surface area contributed by atoms with E-state index < -0.39 is 0 Å². The first kappa shape index (κ1) is 17.3. The Morgan fingerprint density at radius 2 is 1.30 bits per heavy atom. The third-order valence-electron chi connectivity index (χ3n) is 6.15. The van der Waals surface area contributed by atoms with Gasteiger partial charge in [-0.15, -0.1) is 0 Å². The molecular weight excluding hydrogens is 364 g/mol. The Morgan fingerprint density at radius 3 is 2.10 bits per heavy atom. The Hall–Kier alpha value is -3.52. The molecule has 5 aromatic rings. The van der Waals surface area contributed by atoms with Gasteiger partial charge in [0, 0.05) is 16.3 Å². The van der Waals surface area contributed by atoms with Crippen LogP contribution in [0.4, 0.5) is 11.4 Å². The van der Waals surface area contributed by atoms with Crippen LogP contribution in [0.1, 0.15) is 20.8 Å². The van der Waals surface area contributed by atoms with Gasteiger partial charge in [-0.05, 0) is 56.2 Å². The monoisotopic (exact) mass is 388 g/mol. The minimum absolute atomic E-state index is 0.0427. The maximum absolute atomic E-state index is 2.50. The summed E-state index contributed by atoms with van der Waals surface area (Å²) >= 11 is 0. The summed E-state index contributed by atoms with van der Waals surface area (Å²) in [5.74, 6) is 0. The van der Waals surface area contributed by atoms with E-state index in [4.69, 9.17) is 0 Å². The van der Waals surface area contributed by atoms with Crippen LogP contribution >= 0.6 is 0 Å². The Balaban J connectivity index is 1.78. The van der Waals surface area contributed by atoms with Gasteiger partial charge in [0.2, 0.25) is 0 Å². The Bertz CT molecular complexity index is 1420. The van der Waals surface area contributed by atoms with Crippen LogP contribution in [0, 0.1) is 0 Å². The standard InChI is InChI=1S/C28H24N2/c1-28(2,3)30-24-17-16-20(19-10-5-4-6-11-19)18-26(24)29-23-14-8-7-12-21(23)22-13-9-15-25(30)27(22)29/h4-18H,1-3H3. The average molecular weight is 389 g/mol. The number of rotatable bonds is 1. The Morgan fingerprint density at radius 1 is 0.567 bits per heavy atom. The van der Waals surface area contributed by atoms with Crippen molar-refractivity contribution in [2.45, 2.75) is 26.3 Å². The molecule has 0 amide bonds. The first-order valence-electron chi connectivity index (χ1n) is 10.6. The molecule has 6 rings (SSSR count). The number of nitrogens with zero attached hydrogens (tertiary/aromatic N) is 2. The molecule has 2 heterocycles. The van der Waals surface area contributed by atoms with Gasteiger partial charge in [-0.1, -0.05) is 66.7 Å². The fourth-order valence-electron chi connectivity index (χ4n) is 4.99. The molecule has 0 saturated heterocycles. The summed E-state index contributed by atoms with van der Waals surface area (Å²) in [6.07, 6.45) is 0. The molecular formula is C28H24N2. The van der Waals surface area contributed by atoms with Crippen molar-refractivity contribution < 1.29 is 0 Å². The molecule has 2 nitrogen and oxygen atoms in total. The third kappa shape index (κ3) is 2.31. The van der Waals surface area contributed by atoms with Gasteiger partial charge in [0.25, 0.3) is 0 Å². The largest absolute Gasteiger partial charge is 0.333 e. The second-order valence-electron chi connectivity index (χ2n) is 9.10. The fourth-order valence-corrected chi connectivity index (χ4v) is 4.99. The first-order chi connectivity index (χ1) is 14.5. The molecule has 0 unspecified atom stereocenters. The number of hydrogen-bond acceptors (Lipinski definition) is 1. The van der Waals surface area contributed by atoms with E-state index in [0.717, 1.165) is 0 Å². The number of aromatic nitrogens is 1. The van der Waals surface area contributed by atoms with Crippen LogP contribution in [-0.2, 0) is 0 Å². The Labute approximate surface area is 177 Å². The van der Waals surface area contributed by atoms with Gasteiger partial charge in [-0.3, -0.25) is 0 Å². The van der Waals surface area contributed by atoms with Crippen molar-refractivity contribution in [3.63, 3.8) is 0 Å². The van der Waals surface area contributed by atoms with Crippen molar-refractivity contribution in [3.8, 4) is 16.8 Å². The molecule has 4 aromatic carbocycles. The van der Waals surface area contributed by atoms with Gasteiger partial charge in [0.15, 0.2) is 0 Å². The maximum atomic E-state index is 2.50. The van der Waals surface area contributed by atoms with Crippen molar-refractivity contribution >= 4 is 33.2 Å². The van der Waals surface area contributed by atoms with Crippen LogP contribution in [0.15, 0.2) is 91.0 Å². The van der Waals surface area contributed by atoms with E-state index in [0.29, 0.717) is 0 Å². The summed E-state index contributed by atoms with van der Waals surface area (Å²) in [6, 6.07) is 33.0. The summed E-state index contributed by atoms with van der Waals surface area (Å²) in [4.78, 5) is 2.50. The SMILES string of the molecule is CC(C)(C)N1c2ccc(-c3ccccc3)cc2-n2c3ccccc3c3cccc1c32. The topological polar surface area (TPSA) is 8.17 Å². The predicted octanol–water partition coefficient (Wildman–Crippen LogP) is 7.70. The highest BCUT2D eigenvalue weighted by Gasteiger charge is 2.33. The van der Waals surface area contributed by atoms with Crippen molar-refractivity contribution in [2.75, 3.05) is 4.90 Å². The summed E-state index contributed by atoms with van der Waals surface area (Å²) < 4.78 is 2.46. The van der Waals surface area contributed by atoms with E-state index in [1.807, 2.05) is 0 Å². The molecule has 0 bridgehead atoms. The maximum Gasteiger partial charge on any atom is 0.0779 e. The van der Waals surface area contributed by atoms with Crippen molar-refractivity contribution in [3.05, 3.63) is 91.0 Å². The highest BCUT2D eigenvalue weighted by atomic mass is 15.3. The summed E-state index contributed by atoms with van der Waals surface area (Å²) in [6.45, 7) is 6.87. The highest BCUT2D eigenvalue weighted by Crippen LogP contribution is 2.49. The molecule has 0 atom stereocenters. The summed E-state index contributed by atoms with van der Waals surface area (Å²) in [5.41, 5.74) is 8.78. The smallest absolute Gasteiger partial charge is 0.0779 e. The highest BCUT2D eigenvalue weighted by molar-refractivity contribution is 6.15. The van der Waals surface area contributed by atoms with Gasteiger partial charge in [0.05, 0.1) is 28.1 Å². The van der Waals surface area contributed by atoms with Crippen molar-refractivity contribution in [2.24, 2.45) is 0 Å². The number of anilines is 2. The molecule has 0 radical (unpaired) electrons. The van der Waals surface area contributed by atoms with Crippen LogP contribution in [0.2, 0.25) is 0 Å². The van der Waals surface area contributed by atoms with Gasteiger partial charge >= 0.3 is 0 Å². The van der Waals surface area contributed by atoms with E-state index >= 15 is 0 Å². The van der Waals surface area contributed by atoms with Crippen LogP contribution in [0.3, 0.4) is 0 Å². The molecule has 0 fully saturated rings. The van der Waals surface area contributed by atoms with Gasteiger partial charge in [0.1, 0.15) is 0 Å². The van der Waals surface area contributed by atoms with E-state index in [-0.39, 0.29) is 5.54 Å². The number of para-hydroxylation sites is 2. The van der Waals surface area contributed by atoms with E-state index in [2.05, 4.69) is 121 Å². The lowest BCUT2D eigenvalue weighted by atomic mass is 9.97. The molecule has 30 heavy (non-hydrogen) atoms. The number of fused-ring (bicyclic) bond motifs is 5. The molecule has 1 aliphatic rings.